The van der Waals surface area contributed by atoms with Gasteiger partial charge in [0, 0.05) is 44.3 Å². The number of halogens is 2. The lowest BCUT2D eigenvalue weighted by atomic mass is 10.2. The highest BCUT2D eigenvalue weighted by Crippen LogP contribution is 2.25. The number of hydrogen-bond donors (Lipinski definition) is 1. The van der Waals surface area contributed by atoms with Crippen LogP contribution in [0.1, 0.15) is 32.6 Å². The summed E-state index contributed by atoms with van der Waals surface area (Å²) in [5.41, 5.74) is 0.526. The topological polar surface area (TPSA) is 55.9 Å². The van der Waals surface area contributed by atoms with E-state index < -0.39 is 0 Å². The maximum Gasteiger partial charge on any atom is 0.241 e. The standard InChI is InChI=1S/C21H30Cl2N4O2/c1-16(21(29)24-19-14-17(22)6-7-18(19)23)26-12-10-25(11-13-26)15-20(28)27-8-4-2-3-5-9-27/h6-7,14,16H,2-5,8-13,15H2,1H3,(H,24,29)/t16-/m0/s1. The second-order valence-electron chi connectivity index (χ2n) is 7.90. The second-order valence-corrected chi connectivity index (χ2v) is 8.74. The zero-order valence-corrected chi connectivity index (χ0v) is 18.5. The minimum Gasteiger partial charge on any atom is -0.342 e. The largest absolute Gasteiger partial charge is 0.342 e. The first-order valence-electron chi connectivity index (χ1n) is 10.4. The number of carbonyl (C=O) groups is 2. The average Bonchev–Trinajstić information content (AvgIpc) is 3.00. The predicted octanol–water partition coefficient (Wildman–Crippen LogP) is 3.34. The molecule has 0 bridgehead atoms. The molecule has 1 N–H and O–H groups in total. The summed E-state index contributed by atoms with van der Waals surface area (Å²) in [6.07, 6.45) is 4.68. The summed E-state index contributed by atoms with van der Waals surface area (Å²) >= 11 is 12.1. The van der Waals surface area contributed by atoms with E-state index in [1.807, 2.05) is 11.8 Å². The molecule has 160 valence electrons. The summed E-state index contributed by atoms with van der Waals surface area (Å²) in [6.45, 7) is 7.24. The number of nitrogens with one attached hydrogen (secondary N) is 1. The quantitative estimate of drug-likeness (QED) is 0.762. The number of anilines is 1. The number of piperazine rings is 1. The van der Waals surface area contributed by atoms with Crippen molar-refractivity contribution in [3.8, 4) is 0 Å². The van der Waals surface area contributed by atoms with Gasteiger partial charge in [0.25, 0.3) is 0 Å². The van der Waals surface area contributed by atoms with Crippen LogP contribution in [-0.2, 0) is 9.59 Å². The zero-order valence-electron chi connectivity index (χ0n) is 17.0. The molecule has 8 heteroatoms. The summed E-state index contributed by atoms with van der Waals surface area (Å²) in [5.74, 6) is 0.130. The molecule has 2 amide bonds. The molecule has 3 rings (SSSR count). The Morgan fingerprint density at radius 1 is 1.00 bits per heavy atom. The Hall–Kier alpha value is -1.34. The average molecular weight is 441 g/mol. The molecule has 1 aromatic rings. The van der Waals surface area contributed by atoms with Crippen molar-refractivity contribution in [2.45, 2.75) is 38.6 Å². The van der Waals surface area contributed by atoms with Crippen LogP contribution in [0, 0.1) is 0 Å². The van der Waals surface area contributed by atoms with E-state index in [1.165, 1.54) is 12.8 Å². The smallest absolute Gasteiger partial charge is 0.241 e. The first-order chi connectivity index (χ1) is 13.9. The number of likely N-dealkylation sites (tertiary alicyclic amines) is 1. The number of benzene rings is 1. The van der Waals surface area contributed by atoms with Gasteiger partial charge in [0.2, 0.25) is 11.8 Å². The summed E-state index contributed by atoms with van der Waals surface area (Å²) < 4.78 is 0. The molecule has 1 atom stereocenters. The molecule has 2 saturated heterocycles. The lowest BCUT2D eigenvalue weighted by molar-refractivity contribution is -0.133. The predicted molar refractivity (Wildman–Crippen MR) is 118 cm³/mol. The molecule has 29 heavy (non-hydrogen) atoms. The van der Waals surface area contributed by atoms with E-state index in [9.17, 15) is 9.59 Å². The molecule has 0 spiro atoms. The van der Waals surface area contributed by atoms with Gasteiger partial charge in [0.15, 0.2) is 0 Å². The number of amides is 2. The van der Waals surface area contributed by atoms with Crippen LogP contribution in [0.5, 0.6) is 0 Å². The van der Waals surface area contributed by atoms with Gasteiger partial charge in [0.05, 0.1) is 23.3 Å². The fourth-order valence-corrected chi connectivity index (χ4v) is 4.25. The molecule has 0 unspecified atom stereocenters. The molecule has 0 aromatic heterocycles. The van der Waals surface area contributed by atoms with Crippen molar-refractivity contribution >= 4 is 40.7 Å². The van der Waals surface area contributed by atoms with Gasteiger partial charge in [-0.15, -0.1) is 0 Å². The summed E-state index contributed by atoms with van der Waals surface area (Å²) in [6, 6.07) is 4.73. The molecular weight excluding hydrogens is 411 g/mol. The van der Waals surface area contributed by atoms with Crippen molar-refractivity contribution < 1.29 is 9.59 Å². The van der Waals surface area contributed by atoms with Crippen molar-refractivity contribution in [3.05, 3.63) is 28.2 Å². The first kappa shape index (κ1) is 22.3. The van der Waals surface area contributed by atoms with Gasteiger partial charge in [-0.2, -0.15) is 0 Å². The van der Waals surface area contributed by atoms with Gasteiger partial charge in [-0.1, -0.05) is 36.0 Å². The lowest BCUT2D eigenvalue weighted by Gasteiger charge is -2.37. The number of rotatable bonds is 5. The Morgan fingerprint density at radius 3 is 2.31 bits per heavy atom. The molecule has 2 fully saturated rings. The third-order valence-corrected chi connectivity index (χ3v) is 6.40. The van der Waals surface area contributed by atoms with Crippen LogP contribution in [0.25, 0.3) is 0 Å². The van der Waals surface area contributed by atoms with Crippen LogP contribution in [0.15, 0.2) is 18.2 Å². The van der Waals surface area contributed by atoms with E-state index in [4.69, 9.17) is 23.2 Å². The van der Waals surface area contributed by atoms with Gasteiger partial charge in [-0.05, 0) is 38.0 Å². The van der Waals surface area contributed by atoms with Gasteiger partial charge in [-0.3, -0.25) is 19.4 Å². The highest BCUT2D eigenvalue weighted by atomic mass is 35.5. The zero-order chi connectivity index (χ0) is 20.8. The van der Waals surface area contributed by atoms with Crippen molar-refractivity contribution in [2.24, 2.45) is 0 Å². The first-order valence-corrected chi connectivity index (χ1v) is 11.2. The number of nitrogens with zero attached hydrogens (tertiary/aromatic N) is 3. The Bertz CT molecular complexity index is 715. The van der Waals surface area contributed by atoms with Crippen LogP contribution in [-0.4, -0.2) is 78.4 Å². The fourth-order valence-electron chi connectivity index (χ4n) is 3.92. The minimum atomic E-state index is -0.284. The Morgan fingerprint density at radius 2 is 1.66 bits per heavy atom. The van der Waals surface area contributed by atoms with Crippen molar-refractivity contribution in [1.29, 1.82) is 0 Å². The Balaban J connectivity index is 1.46. The summed E-state index contributed by atoms with van der Waals surface area (Å²) in [5, 5.41) is 3.86. The number of carbonyl (C=O) groups excluding carboxylic acids is 2. The van der Waals surface area contributed by atoms with E-state index >= 15 is 0 Å². The van der Waals surface area contributed by atoms with E-state index in [2.05, 4.69) is 15.1 Å². The van der Waals surface area contributed by atoms with Crippen LogP contribution < -0.4 is 5.32 Å². The molecule has 1 aromatic carbocycles. The monoisotopic (exact) mass is 440 g/mol. The fraction of sp³-hybridized carbons (Fsp3) is 0.619. The highest BCUT2D eigenvalue weighted by molar-refractivity contribution is 6.35. The third-order valence-electron chi connectivity index (χ3n) is 5.84. The van der Waals surface area contributed by atoms with Crippen LogP contribution in [0.2, 0.25) is 10.0 Å². The highest BCUT2D eigenvalue weighted by Gasteiger charge is 2.27. The molecule has 2 aliphatic heterocycles. The molecule has 6 nitrogen and oxygen atoms in total. The third kappa shape index (κ3) is 6.32. The molecule has 2 aliphatic rings. The van der Waals surface area contributed by atoms with E-state index in [0.29, 0.717) is 22.3 Å². The van der Waals surface area contributed by atoms with Crippen molar-refractivity contribution in [2.75, 3.05) is 51.1 Å². The SMILES string of the molecule is C[C@@H](C(=O)Nc1cc(Cl)ccc1Cl)N1CCN(CC(=O)N2CCCCCC2)CC1. The summed E-state index contributed by atoms with van der Waals surface area (Å²) in [7, 11) is 0. The van der Waals surface area contributed by atoms with Crippen molar-refractivity contribution in [3.63, 3.8) is 0 Å². The number of hydrogen-bond acceptors (Lipinski definition) is 4. The van der Waals surface area contributed by atoms with Crippen molar-refractivity contribution in [1.82, 2.24) is 14.7 Å². The molecule has 2 heterocycles. The summed E-state index contributed by atoms with van der Waals surface area (Å²) in [4.78, 5) is 31.6. The molecule has 0 saturated carbocycles. The Labute approximate surface area is 183 Å². The van der Waals surface area contributed by atoms with Gasteiger partial charge in [0.1, 0.15) is 0 Å². The van der Waals surface area contributed by atoms with Crippen LogP contribution >= 0.6 is 23.2 Å². The van der Waals surface area contributed by atoms with Gasteiger partial charge >= 0.3 is 0 Å². The van der Waals surface area contributed by atoms with E-state index in [0.717, 1.165) is 52.1 Å². The normalized spacial score (nSPS) is 20.2. The molecule has 0 radical (unpaired) electrons. The Kier molecular flexibility index (Phi) is 8.18. The molecular formula is C21H30Cl2N4O2. The van der Waals surface area contributed by atoms with Gasteiger partial charge in [-0.25, -0.2) is 0 Å². The minimum absolute atomic E-state index is 0.108. The second kappa shape index (κ2) is 10.6. The van der Waals surface area contributed by atoms with E-state index in [-0.39, 0.29) is 17.9 Å². The van der Waals surface area contributed by atoms with Crippen LogP contribution in [0.3, 0.4) is 0 Å². The maximum absolute atomic E-state index is 12.6. The van der Waals surface area contributed by atoms with Crippen LogP contribution in [0.4, 0.5) is 5.69 Å². The maximum atomic E-state index is 12.6. The molecule has 0 aliphatic carbocycles. The van der Waals surface area contributed by atoms with Gasteiger partial charge < -0.3 is 10.2 Å². The lowest BCUT2D eigenvalue weighted by Crippen LogP contribution is -2.54. The van der Waals surface area contributed by atoms with E-state index in [1.54, 1.807) is 18.2 Å².